The number of rotatable bonds is 8. The van der Waals surface area contributed by atoms with E-state index in [0.29, 0.717) is 22.2 Å². The maximum atomic E-state index is 13.3. The standard InChI is InChI=1S/C29H26ClN3O/c1-32(24-14-12-23(30)13-15-24)27-16-17-28(31-19-27)29(34)22-6-5-9-26(18-22)33(20-21-10-11-21)25-7-3-2-4-8-25/h2-9,12-19,21H,10-11,20H2,1H3. The van der Waals surface area contributed by atoms with Gasteiger partial charge in [-0.05, 0) is 79.4 Å². The molecule has 34 heavy (non-hydrogen) atoms. The summed E-state index contributed by atoms with van der Waals surface area (Å²) in [7, 11) is 1.96. The third-order valence-corrected chi connectivity index (χ3v) is 6.46. The van der Waals surface area contributed by atoms with Crippen LogP contribution in [-0.4, -0.2) is 24.4 Å². The molecule has 0 radical (unpaired) electrons. The molecular weight excluding hydrogens is 442 g/mol. The van der Waals surface area contributed by atoms with Gasteiger partial charge in [-0.25, -0.2) is 0 Å². The third kappa shape index (κ3) is 4.97. The minimum Gasteiger partial charge on any atom is -0.343 e. The normalized spacial score (nSPS) is 12.9. The van der Waals surface area contributed by atoms with E-state index >= 15 is 0 Å². The Morgan fingerprint density at radius 1 is 0.853 bits per heavy atom. The van der Waals surface area contributed by atoms with Crippen LogP contribution in [0.3, 0.4) is 0 Å². The van der Waals surface area contributed by atoms with Gasteiger partial charge in [-0.1, -0.05) is 41.9 Å². The van der Waals surface area contributed by atoms with E-state index in [9.17, 15) is 4.79 Å². The molecule has 4 aromatic rings. The lowest BCUT2D eigenvalue weighted by Crippen LogP contribution is -2.20. The smallest absolute Gasteiger partial charge is 0.211 e. The largest absolute Gasteiger partial charge is 0.343 e. The van der Waals surface area contributed by atoms with Crippen molar-refractivity contribution in [2.75, 3.05) is 23.4 Å². The Labute approximate surface area is 205 Å². The molecule has 3 aromatic carbocycles. The Kier molecular flexibility index (Phi) is 6.33. The molecule has 1 aromatic heterocycles. The van der Waals surface area contributed by atoms with Crippen molar-refractivity contribution in [3.8, 4) is 0 Å². The van der Waals surface area contributed by atoms with Crippen LogP contribution in [0.2, 0.25) is 5.02 Å². The average molecular weight is 468 g/mol. The number of carbonyl (C=O) groups excluding carboxylic acids is 1. The molecule has 0 atom stereocenters. The molecule has 1 fully saturated rings. The van der Waals surface area contributed by atoms with Crippen LogP contribution in [0.15, 0.2) is 97.2 Å². The Morgan fingerprint density at radius 2 is 1.56 bits per heavy atom. The summed E-state index contributed by atoms with van der Waals surface area (Å²) < 4.78 is 0. The zero-order chi connectivity index (χ0) is 23.5. The number of pyridine rings is 1. The van der Waals surface area contributed by atoms with Crippen LogP contribution in [0.25, 0.3) is 0 Å². The molecule has 0 spiro atoms. The average Bonchev–Trinajstić information content (AvgIpc) is 3.72. The van der Waals surface area contributed by atoms with E-state index in [2.05, 4.69) is 40.2 Å². The third-order valence-electron chi connectivity index (χ3n) is 6.21. The van der Waals surface area contributed by atoms with Gasteiger partial charge in [-0.3, -0.25) is 9.78 Å². The minimum atomic E-state index is -0.0815. The van der Waals surface area contributed by atoms with Crippen LogP contribution in [0.4, 0.5) is 22.7 Å². The highest BCUT2D eigenvalue weighted by Gasteiger charge is 2.25. The molecule has 0 saturated heterocycles. The lowest BCUT2D eigenvalue weighted by atomic mass is 10.1. The molecule has 0 N–H and O–H groups in total. The van der Waals surface area contributed by atoms with Gasteiger partial charge in [0.05, 0.1) is 11.9 Å². The Bertz CT molecular complexity index is 1270. The molecule has 0 amide bonds. The van der Waals surface area contributed by atoms with Crippen molar-refractivity contribution in [2.45, 2.75) is 12.8 Å². The number of aromatic nitrogens is 1. The van der Waals surface area contributed by atoms with E-state index in [1.807, 2.05) is 66.5 Å². The van der Waals surface area contributed by atoms with Crippen molar-refractivity contribution < 1.29 is 4.79 Å². The minimum absolute atomic E-state index is 0.0815. The van der Waals surface area contributed by atoms with E-state index in [4.69, 9.17) is 11.6 Å². The second-order valence-electron chi connectivity index (χ2n) is 8.71. The lowest BCUT2D eigenvalue weighted by molar-refractivity contribution is 0.103. The van der Waals surface area contributed by atoms with Gasteiger partial charge in [0.2, 0.25) is 5.78 Å². The fourth-order valence-corrected chi connectivity index (χ4v) is 4.15. The molecule has 1 aliphatic rings. The maximum absolute atomic E-state index is 13.3. The van der Waals surface area contributed by atoms with Crippen molar-refractivity contribution >= 4 is 40.1 Å². The number of ketones is 1. The summed E-state index contributed by atoms with van der Waals surface area (Å²) in [5.74, 6) is 0.633. The molecule has 1 heterocycles. The van der Waals surface area contributed by atoms with E-state index in [1.54, 1.807) is 12.3 Å². The number of nitrogens with zero attached hydrogens (tertiary/aromatic N) is 3. The molecule has 1 saturated carbocycles. The second-order valence-corrected chi connectivity index (χ2v) is 9.14. The maximum Gasteiger partial charge on any atom is 0.211 e. The molecular formula is C29H26ClN3O. The van der Waals surface area contributed by atoms with Crippen molar-refractivity contribution in [1.82, 2.24) is 4.98 Å². The van der Waals surface area contributed by atoms with Gasteiger partial charge in [0.1, 0.15) is 5.69 Å². The first kappa shape index (κ1) is 22.2. The number of hydrogen-bond donors (Lipinski definition) is 0. The van der Waals surface area contributed by atoms with Gasteiger partial charge in [-0.2, -0.15) is 0 Å². The summed E-state index contributed by atoms with van der Waals surface area (Å²) >= 11 is 6.00. The molecule has 170 valence electrons. The first-order valence-corrected chi connectivity index (χ1v) is 11.9. The highest BCUT2D eigenvalue weighted by molar-refractivity contribution is 6.30. The van der Waals surface area contributed by atoms with Crippen LogP contribution >= 0.6 is 11.6 Å². The fourth-order valence-electron chi connectivity index (χ4n) is 4.02. The van der Waals surface area contributed by atoms with E-state index < -0.39 is 0 Å². The highest BCUT2D eigenvalue weighted by atomic mass is 35.5. The summed E-state index contributed by atoms with van der Waals surface area (Å²) in [4.78, 5) is 22.1. The first-order valence-electron chi connectivity index (χ1n) is 11.5. The zero-order valence-electron chi connectivity index (χ0n) is 19.1. The molecule has 0 unspecified atom stereocenters. The van der Waals surface area contributed by atoms with E-state index in [0.717, 1.165) is 29.3 Å². The predicted molar refractivity (Wildman–Crippen MR) is 140 cm³/mol. The zero-order valence-corrected chi connectivity index (χ0v) is 19.8. The number of para-hydroxylation sites is 1. The lowest BCUT2D eigenvalue weighted by Gasteiger charge is -2.25. The molecule has 5 heteroatoms. The summed E-state index contributed by atoms with van der Waals surface area (Å²) in [6.07, 6.45) is 4.26. The number of carbonyl (C=O) groups is 1. The summed E-state index contributed by atoms with van der Waals surface area (Å²) in [5, 5.41) is 0.696. The number of anilines is 4. The van der Waals surface area contributed by atoms with Crippen LogP contribution in [-0.2, 0) is 0 Å². The van der Waals surface area contributed by atoms with Gasteiger partial charge in [-0.15, -0.1) is 0 Å². The van der Waals surface area contributed by atoms with E-state index in [1.165, 1.54) is 12.8 Å². The van der Waals surface area contributed by atoms with Crippen LogP contribution in [0.1, 0.15) is 28.9 Å². The quantitative estimate of drug-likeness (QED) is 0.255. The number of benzene rings is 3. The summed E-state index contributed by atoms with van der Waals surface area (Å²) in [6.45, 7) is 0.964. The Hall–Kier alpha value is -3.63. The SMILES string of the molecule is CN(c1ccc(Cl)cc1)c1ccc(C(=O)c2cccc(N(CC3CC3)c3ccccc3)c2)nc1. The number of halogens is 1. The van der Waals surface area contributed by atoms with Gasteiger partial charge in [0.15, 0.2) is 0 Å². The van der Waals surface area contributed by atoms with Crippen LogP contribution in [0.5, 0.6) is 0 Å². The number of hydrogen-bond acceptors (Lipinski definition) is 4. The molecule has 0 aliphatic heterocycles. The van der Waals surface area contributed by atoms with Crippen molar-refractivity contribution in [2.24, 2.45) is 5.92 Å². The van der Waals surface area contributed by atoms with Crippen LogP contribution < -0.4 is 9.80 Å². The first-order chi connectivity index (χ1) is 16.6. The molecule has 1 aliphatic carbocycles. The van der Waals surface area contributed by atoms with Gasteiger partial charge >= 0.3 is 0 Å². The van der Waals surface area contributed by atoms with Gasteiger partial charge in [0.25, 0.3) is 0 Å². The molecule has 0 bridgehead atoms. The van der Waals surface area contributed by atoms with E-state index in [-0.39, 0.29) is 5.78 Å². The van der Waals surface area contributed by atoms with Crippen LogP contribution in [0, 0.1) is 5.92 Å². The van der Waals surface area contributed by atoms with Crippen molar-refractivity contribution in [3.05, 3.63) is 113 Å². The van der Waals surface area contributed by atoms with Crippen molar-refractivity contribution in [1.29, 1.82) is 0 Å². The highest BCUT2D eigenvalue weighted by Crippen LogP contribution is 2.35. The van der Waals surface area contributed by atoms with Crippen molar-refractivity contribution in [3.63, 3.8) is 0 Å². The van der Waals surface area contributed by atoms with Gasteiger partial charge in [0, 0.05) is 41.2 Å². The molecule has 5 rings (SSSR count). The topological polar surface area (TPSA) is 36.4 Å². The second kappa shape index (κ2) is 9.70. The van der Waals surface area contributed by atoms with Gasteiger partial charge < -0.3 is 9.80 Å². The fraction of sp³-hybridized carbons (Fsp3) is 0.172. The predicted octanol–water partition coefficient (Wildman–Crippen LogP) is 7.28. The summed E-state index contributed by atoms with van der Waals surface area (Å²) in [6, 6.07) is 29.6. The Balaban J connectivity index is 1.37. The molecule has 4 nitrogen and oxygen atoms in total. The monoisotopic (exact) mass is 467 g/mol. The Morgan fingerprint density at radius 3 is 2.24 bits per heavy atom. The summed E-state index contributed by atoms with van der Waals surface area (Å²) in [5.41, 5.74) is 5.14.